The van der Waals surface area contributed by atoms with Crippen LogP contribution in [-0.2, 0) is 0 Å². The van der Waals surface area contributed by atoms with Crippen molar-refractivity contribution in [2.75, 3.05) is 0 Å². The summed E-state index contributed by atoms with van der Waals surface area (Å²) in [5, 5.41) is 20.2. The number of phenolic OH excluding ortho intramolecular Hbond substituents is 1. The first-order valence-electron chi connectivity index (χ1n) is 5.93. The minimum absolute atomic E-state index is 0.0352. The summed E-state index contributed by atoms with van der Waals surface area (Å²) in [6.45, 7) is 0. The van der Waals surface area contributed by atoms with Gasteiger partial charge in [-0.15, -0.1) is 0 Å². The highest BCUT2D eigenvalue weighted by Gasteiger charge is 2.12. The van der Waals surface area contributed by atoms with Crippen molar-refractivity contribution in [2.24, 2.45) is 0 Å². The van der Waals surface area contributed by atoms with Gasteiger partial charge in [0.05, 0.1) is 15.8 Å². The molecule has 0 unspecified atom stereocenters. The normalized spacial score (nSPS) is 10.7. The first-order valence-corrected chi connectivity index (χ1v) is 5.93. The summed E-state index contributed by atoms with van der Waals surface area (Å²) in [6, 6.07) is 9.67. The number of non-ortho nitro benzene ring substituents is 1. The van der Waals surface area contributed by atoms with Crippen LogP contribution in [0.1, 0.15) is 0 Å². The third-order valence-electron chi connectivity index (χ3n) is 2.94. The highest BCUT2D eigenvalue weighted by molar-refractivity contribution is 5.80. The van der Waals surface area contributed by atoms with Crippen molar-refractivity contribution < 1.29 is 14.4 Å². The number of fused-ring (bicyclic) bond motifs is 1. The molecule has 0 radical (unpaired) electrons. The van der Waals surface area contributed by atoms with Gasteiger partial charge in [-0.3, -0.25) is 10.1 Å². The van der Waals surface area contributed by atoms with Gasteiger partial charge in [0.15, 0.2) is 0 Å². The lowest BCUT2D eigenvalue weighted by Gasteiger charge is -2.02. The highest BCUT2D eigenvalue weighted by Crippen LogP contribution is 2.23. The van der Waals surface area contributed by atoms with E-state index in [1.807, 2.05) is 0 Å². The van der Waals surface area contributed by atoms with Gasteiger partial charge in [0.25, 0.3) is 5.69 Å². The van der Waals surface area contributed by atoms with E-state index in [4.69, 9.17) is 4.42 Å². The third-order valence-corrected chi connectivity index (χ3v) is 2.94. The summed E-state index contributed by atoms with van der Waals surface area (Å²) >= 11 is 0. The predicted octanol–water partition coefficient (Wildman–Crippen LogP) is 2.47. The number of nitro groups is 1. The molecular weight excluding hydrogens is 276 g/mol. The molecule has 0 spiro atoms. The van der Waals surface area contributed by atoms with E-state index >= 15 is 0 Å². The summed E-state index contributed by atoms with van der Waals surface area (Å²) in [4.78, 5) is 26.2. The van der Waals surface area contributed by atoms with Crippen molar-refractivity contribution in [1.29, 1.82) is 0 Å². The maximum absolute atomic E-state index is 11.9. The monoisotopic (exact) mass is 284 g/mol. The van der Waals surface area contributed by atoms with Gasteiger partial charge in [-0.05, 0) is 30.3 Å². The summed E-state index contributed by atoms with van der Waals surface area (Å²) < 4.78 is 5.10. The first kappa shape index (κ1) is 12.8. The average molecular weight is 284 g/mol. The van der Waals surface area contributed by atoms with Gasteiger partial charge in [-0.25, -0.2) is 9.78 Å². The summed E-state index contributed by atoms with van der Waals surface area (Å²) in [6.07, 6.45) is 0. The average Bonchev–Trinajstić information content (AvgIpc) is 2.47. The molecule has 0 fully saturated rings. The molecule has 3 aromatic rings. The molecule has 0 saturated heterocycles. The standard InChI is InChI=1S/C14H8N2O5/c17-10-4-1-8(2-5-10)13-15-12-7-9(16(19)20)3-6-11(12)14(18)21-13/h1-7,17H. The molecule has 0 aliphatic carbocycles. The molecule has 1 N–H and O–H groups in total. The Morgan fingerprint density at radius 3 is 2.52 bits per heavy atom. The topological polar surface area (TPSA) is 106 Å². The molecule has 7 heteroatoms. The summed E-state index contributed by atoms with van der Waals surface area (Å²) in [5.41, 5.74) is -0.114. The molecule has 2 aromatic carbocycles. The van der Waals surface area contributed by atoms with E-state index in [0.29, 0.717) is 5.56 Å². The van der Waals surface area contributed by atoms with Gasteiger partial charge in [-0.1, -0.05) is 0 Å². The van der Waals surface area contributed by atoms with Crippen LogP contribution < -0.4 is 5.63 Å². The molecule has 104 valence electrons. The second-order valence-corrected chi connectivity index (χ2v) is 4.31. The van der Waals surface area contributed by atoms with E-state index in [9.17, 15) is 20.0 Å². The molecule has 0 bridgehead atoms. The van der Waals surface area contributed by atoms with Gasteiger partial charge < -0.3 is 9.52 Å². The molecule has 1 aromatic heterocycles. The second kappa shape index (κ2) is 4.71. The number of hydrogen-bond donors (Lipinski definition) is 1. The Hall–Kier alpha value is -3.22. The molecule has 7 nitrogen and oxygen atoms in total. The lowest BCUT2D eigenvalue weighted by molar-refractivity contribution is -0.384. The van der Waals surface area contributed by atoms with Gasteiger partial charge in [0, 0.05) is 17.7 Å². The fourth-order valence-corrected chi connectivity index (χ4v) is 1.90. The van der Waals surface area contributed by atoms with Gasteiger partial charge in [0.2, 0.25) is 5.89 Å². The molecule has 1 heterocycles. The first-order chi connectivity index (χ1) is 10.0. The Kier molecular flexibility index (Phi) is 2.87. The number of nitro benzene ring substituents is 1. The lowest BCUT2D eigenvalue weighted by Crippen LogP contribution is -2.03. The van der Waals surface area contributed by atoms with E-state index in [1.54, 1.807) is 0 Å². The van der Waals surface area contributed by atoms with E-state index in [0.717, 1.165) is 0 Å². The molecule has 0 aliphatic rings. The molecular formula is C14H8N2O5. The maximum Gasteiger partial charge on any atom is 0.347 e. The van der Waals surface area contributed by atoms with Crippen LogP contribution in [0.15, 0.2) is 51.7 Å². The molecule has 3 rings (SSSR count). The number of nitrogens with zero attached hydrogens (tertiary/aromatic N) is 2. The van der Waals surface area contributed by atoms with Crippen LogP contribution in [0.3, 0.4) is 0 Å². The summed E-state index contributed by atoms with van der Waals surface area (Å²) in [7, 11) is 0. The van der Waals surface area contributed by atoms with Crippen molar-refractivity contribution in [3.63, 3.8) is 0 Å². The zero-order valence-electron chi connectivity index (χ0n) is 10.5. The number of hydrogen-bond acceptors (Lipinski definition) is 6. The van der Waals surface area contributed by atoms with Crippen molar-refractivity contribution in [3.8, 4) is 17.2 Å². The minimum atomic E-state index is -0.627. The number of benzene rings is 2. The van der Waals surface area contributed by atoms with Crippen molar-refractivity contribution in [2.45, 2.75) is 0 Å². The third kappa shape index (κ3) is 2.32. The number of aromatic nitrogens is 1. The van der Waals surface area contributed by atoms with E-state index in [2.05, 4.69) is 4.98 Å². The Morgan fingerprint density at radius 1 is 1.14 bits per heavy atom. The minimum Gasteiger partial charge on any atom is -0.508 e. The van der Waals surface area contributed by atoms with E-state index in [1.165, 1.54) is 42.5 Å². The van der Waals surface area contributed by atoms with Crippen LogP contribution >= 0.6 is 0 Å². The summed E-state index contributed by atoms with van der Waals surface area (Å²) in [5.74, 6) is 0.102. The fourth-order valence-electron chi connectivity index (χ4n) is 1.90. The van der Waals surface area contributed by atoms with Crippen molar-refractivity contribution in [1.82, 2.24) is 4.98 Å². The molecule has 0 atom stereocenters. The SMILES string of the molecule is O=c1oc(-c2ccc(O)cc2)nc2cc([N+](=O)[O-])ccc12. The van der Waals surface area contributed by atoms with Gasteiger partial charge in [-0.2, -0.15) is 0 Å². The zero-order valence-corrected chi connectivity index (χ0v) is 10.5. The van der Waals surface area contributed by atoms with Crippen LogP contribution in [0.4, 0.5) is 5.69 Å². The number of rotatable bonds is 2. The molecule has 0 amide bonds. The molecule has 0 aliphatic heterocycles. The predicted molar refractivity (Wildman–Crippen MR) is 74.0 cm³/mol. The van der Waals surface area contributed by atoms with E-state index < -0.39 is 10.5 Å². The van der Waals surface area contributed by atoms with Crippen LogP contribution in [-0.4, -0.2) is 15.0 Å². The zero-order chi connectivity index (χ0) is 15.0. The van der Waals surface area contributed by atoms with E-state index in [-0.39, 0.29) is 28.2 Å². The van der Waals surface area contributed by atoms with Gasteiger partial charge in [0.1, 0.15) is 5.75 Å². The maximum atomic E-state index is 11.9. The lowest BCUT2D eigenvalue weighted by atomic mass is 10.2. The highest BCUT2D eigenvalue weighted by atomic mass is 16.6. The second-order valence-electron chi connectivity index (χ2n) is 4.31. The van der Waals surface area contributed by atoms with Gasteiger partial charge >= 0.3 is 5.63 Å². The Bertz CT molecular complexity index is 899. The Labute approximate surface area is 117 Å². The van der Waals surface area contributed by atoms with Crippen LogP contribution in [0.2, 0.25) is 0 Å². The van der Waals surface area contributed by atoms with Crippen molar-refractivity contribution in [3.05, 3.63) is 63.0 Å². The molecule has 0 saturated carbocycles. The fraction of sp³-hybridized carbons (Fsp3) is 0. The number of aromatic hydroxyl groups is 1. The molecule has 21 heavy (non-hydrogen) atoms. The smallest absolute Gasteiger partial charge is 0.347 e. The quantitative estimate of drug-likeness (QED) is 0.572. The number of phenols is 1. The van der Waals surface area contributed by atoms with Crippen LogP contribution in [0, 0.1) is 10.1 Å². The Morgan fingerprint density at radius 2 is 1.86 bits per heavy atom. The van der Waals surface area contributed by atoms with Crippen LogP contribution in [0.25, 0.3) is 22.4 Å². The largest absolute Gasteiger partial charge is 0.508 e. The Balaban J connectivity index is 2.23. The van der Waals surface area contributed by atoms with Crippen molar-refractivity contribution >= 4 is 16.6 Å². The van der Waals surface area contributed by atoms with Crippen LogP contribution in [0.5, 0.6) is 5.75 Å².